The van der Waals surface area contributed by atoms with Gasteiger partial charge in [0.15, 0.2) is 11.6 Å². The zero-order valence-electron chi connectivity index (χ0n) is 10.9. The molecule has 0 saturated carbocycles. The molecule has 0 bridgehead atoms. The van der Waals surface area contributed by atoms with Gasteiger partial charge in [0.25, 0.3) is 5.91 Å². The van der Waals surface area contributed by atoms with Crippen LogP contribution in [0.15, 0.2) is 36.5 Å². The minimum absolute atomic E-state index is 0.197. The summed E-state index contributed by atoms with van der Waals surface area (Å²) in [5.74, 6) is -0.331. The molecule has 1 atom stereocenters. The summed E-state index contributed by atoms with van der Waals surface area (Å²) in [7, 11) is 0. The first-order valence-electron chi connectivity index (χ1n) is 6.61. The second kappa shape index (κ2) is 5.36. The number of rotatable bonds is 2. The van der Waals surface area contributed by atoms with Crippen LogP contribution in [0.2, 0.25) is 0 Å². The molecule has 104 valence electrons. The van der Waals surface area contributed by atoms with Crippen molar-refractivity contribution >= 4 is 5.91 Å². The molecule has 0 spiro atoms. The summed E-state index contributed by atoms with van der Waals surface area (Å²) >= 11 is 0. The molecule has 1 aliphatic heterocycles. The molecule has 1 aromatic carbocycles. The van der Waals surface area contributed by atoms with Gasteiger partial charge in [0.2, 0.25) is 0 Å². The van der Waals surface area contributed by atoms with Crippen molar-refractivity contribution in [1.29, 1.82) is 0 Å². The molecule has 5 heteroatoms. The maximum atomic E-state index is 13.8. The predicted octanol–water partition coefficient (Wildman–Crippen LogP) is 2.80. The largest absolute Gasteiger partial charge is 0.490 e. The van der Waals surface area contributed by atoms with Crippen molar-refractivity contribution in [1.82, 2.24) is 10.3 Å². The Bertz CT molecular complexity index is 610. The molecule has 0 saturated heterocycles. The van der Waals surface area contributed by atoms with E-state index < -0.39 is 0 Å². The molecule has 0 radical (unpaired) electrons. The molecule has 1 aliphatic rings. The van der Waals surface area contributed by atoms with Crippen LogP contribution in [0.1, 0.15) is 34.9 Å². The van der Waals surface area contributed by atoms with Gasteiger partial charge in [0.05, 0.1) is 12.6 Å². The van der Waals surface area contributed by atoms with Gasteiger partial charge in [0, 0.05) is 11.8 Å². The number of carbonyl (C=O) groups excluding carboxylic acids is 1. The highest BCUT2D eigenvalue weighted by molar-refractivity contribution is 5.92. The SMILES string of the molecule is O=C(NC1CCCOc2c(F)cccc21)c1ccc[nH]1. The lowest BCUT2D eigenvalue weighted by Gasteiger charge is -2.18. The third-order valence-electron chi connectivity index (χ3n) is 3.40. The number of nitrogens with one attached hydrogen (secondary N) is 2. The van der Waals surface area contributed by atoms with E-state index in [4.69, 9.17) is 4.74 Å². The fourth-order valence-corrected chi connectivity index (χ4v) is 2.43. The second-order valence-corrected chi connectivity index (χ2v) is 4.76. The Morgan fingerprint density at radius 3 is 3.05 bits per heavy atom. The van der Waals surface area contributed by atoms with E-state index in [9.17, 15) is 9.18 Å². The normalized spacial score (nSPS) is 17.8. The average molecular weight is 274 g/mol. The number of aromatic amines is 1. The first-order valence-corrected chi connectivity index (χ1v) is 6.61. The summed E-state index contributed by atoms with van der Waals surface area (Å²) in [6.45, 7) is 0.461. The second-order valence-electron chi connectivity index (χ2n) is 4.76. The summed E-state index contributed by atoms with van der Waals surface area (Å²) in [5.41, 5.74) is 1.19. The average Bonchev–Trinajstić information content (AvgIpc) is 2.90. The maximum Gasteiger partial charge on any atom is 0.268 e. The van der Waals surface area contributed by atoms with E-state index in [0.29, 0.717) is 17.9 Å². The first-order chi connectivity index (χ1) is 9.75. The molecule has 0 fully saturated rings. The number of H-pyrrole nitrogens is 1. The van der Waals surface area contributed by atoms with Crippen molar-refractivity contribution in [3.63, 3.8) is 0 Å². The lowest BCUT2D eigenvalue weighted by Crippen LogP contribution is -2.28. The molecular formula is C15H15FN2O2. The highest BCUT2D eigenvalue weighted by atomic mass is 19.1. The van der Waals surface area contributed by atoms with E-state index in [-0.39, 0.29) is 23.5 Å². The third kappa shape index (κ3) is 2.39. The standard InChI is InChI=1S/C15H15FN2O2/c16-11-5-1-4-10-12(7-3-9-20-14(10)11)18-15(19)13-6-2-8-17-13/h1-2,4-6,8,12,17H,3,7,9H2,(H,18,19). The Morgan fingerprint density at radius 2 is 2.25 bits per heavy atom. The number of halogens is 1. The van der Waals surface area contributed by atoms with Gasteiger partial charge in [-0.05, 0) is 31.0 Å². The molecule has 2 N–H and O–H groups in total. The highest BCUT2D eigenvalue weighted by Crippen LogP contribution is 2.33. The van der Waals surface area contributed by atoms with Gasteiger partial charge < -0.3 is 15.0 Å². The summed E-state index contributed by atoms with van der Waals surface area (Å²) in [5, 5.41) is 2.93. The van der Waals surface area contributed by atoms with Crippen molar-refractivity contribution < 1.29 is 13.9 Å². The van der Waals surface area contributed by atoms with Crippen LogP contribution in [0.25, 0.3) is 0 Å². The number of hydrogen-bond acceptors (Lipinski definition) is 2. The lowest BCUT2D eigenvalue weighted by molar-refractivity contribution is 0.0930. The van der Waals surface area contributed by atoms with Crippen LogP contribution in [-0.4, -0.2) is 17.5 Å². The molecule has 2 heterocycles. The number of hydrogen-bond donors (Lipinski definition) is 2. The number of carbonyl (C=O) groups is 1. The number of para-hydroxylation sites is 1. The number of ether oxygens (including phenoxy) is 1. The smallest absolute Gasteiger partial charge is 0.268 e. The van der Waals surface area contributed by atoms with Crippen LogP contribution >= 0.6 is 0 Å². The van der Waals surface area contributed by atoms with Gasteiger partial charge in [-0.15, -0.1) is 0 Å². The minimum atomic E-state index is -0.386. The van der Waals surface area contributed by atoms with Crippen molar-refractivity contribution in [2.24, 2.45) is 0 Å². The number of aromatic nitrogens is 1. The van der Waals surface area contributed by atoms with Gasteiger partial charge >= 0.3 is 0 Å². The van der Waals surface area contributed by atoms with E-state index in [1.807, 2.05) is 0 Å². The van der Waals surface area contributed by atoms with E-state index >= 15 is 0 Å². The van der Waals surface area contributed by atoms with Gasteiger partial charge in [0.1, 0.15) is 5.69 Å². The molecule has 3 rings (SSSR count). The van der Waals surface area contributed by atoms with E-state index in [1.54, 1.807) is 30.5 Å². The zero-order valence-corrected chi connectivity index (χ0v) is 10.9. The molecule has 1 unspecified atom stereocenters. The Kier molecular flexibility index (Phi) is 3.41. The predicted molar refractivity (Wildman–Crippen MR) is 72.1 cm³/mol. The Balaban J connectivity index is 1.87. The molecule has 20 heavy (non-hydrogen) atoms. The number of fused-ring (bicyclic) bond motifs is 1. The summed E-state index contributed by atoms with van der Waals surface area (Å²) in [6.07, 6.45) is 3.19. The fraction of sp³-hybridized carbons (Fsp3) is 0.267. The van der Waals surface area contributed by atoms with Crippen LogP contribution in [0.5, 0.6) is 5.75 Å². The monoisotopic (exact) mass is 274 g/mol. The highest BCUT2D eigenvalue weighted by Gasteiger charge is 2.24. The molecular weight excluding hydrogens is 259 g/mol. The Morgan fingerprint density at radius 1 is 1.35 bits per heavy atom. The van der Waals surface area contributed by atoms with Crippen LogP contribution in [0.4, 0.5) is 4.39 Å². The lowest BCUT2D eigenvalue weighted by atomic mass is 10.0. The summed E-state index contributed by atoms with van der Waals surface area (Å²) in [4.78, 5) is 15.0. The van der Waals surface area contributed by atoms with Gasteiger partial charge in [-0.1, -0.05) is 12.1 Å². The van der Waals surface area contributed by atoms with Crippen LogP contribution in [0.3, 0.4) is 0 Å². The molecule has 1 amide bonds. The first kappa shape index (κ1) is 12.7. The molecule has 0 aliphatic carbocycles. The van der Waals surface area contributed by atoms with Crippen LogP contribution in [0, 0.1) is 5.82 Å². The van der Waals surface area contributed by atoms with Gasteiger partial charge in [-0.25, -0.2) is 4.39 Å². The van der Waals surface area contributed by atoms with Gasteiger partial charge in [-0.2, -0.15) is 0 Å². The number of benzene rings is 1. The molecule has 4 nitrogen and oxygen atoms in total. The summed E-state index contributed by atoms with van der Waals surface area (Å²) < 4.78 is 19.2. The number of amides is 1. The van der Waals surface area contributed by atoms with Crippen molar-refractivity contribution in [2.75, 3.05) is 6.61 Å². The molecule has 2 aromatic rings. The quantitative estimate of drug-likeness (QED) is 0.884. The Labute approximate surface area is 116 Å². The fourth-order valence-electron chi connectivity index (χ4n) is 2.43. The van der Waals surface area contributed by atoms with Crippen molar-refractivity contribution in [2.45, 2.75) is 18.9 Å². The van der Waals surface area contributed by atoms with E-state index in [1.165, 1.54) is 6.07 Å². The van der Waals surface area contributed by atoms with Gasteiger partial charge in [-0.3, -0.25) is 4.79 Å². The minimum Gasteiger partial charge on any atom is -0.490 e. The van der Waals surface area contributed by atoms with Crippen molar-refractivity contribution in [3.8, 4) is 5.75 Å². The Hall–Kier alpha value is -2.30. The maximum absolute atomic E-state index is 13.8. The topological polar surface area (TPSA) is 54.1 Å². The van der Waals surface area contributed by atoms with Crippen molar-refractivity contribution in [3.05, 3.63) is 53.6 Å². The third-order valence-corrected chi connectivity index (χ3v) is 3.40. The van der Waals surface area contributed by atoms with Crippen LogP contribution < -0.4 is 10.1 Å². The summed E-state index contributed by atoms with van der Waals surface area (Å²) in [6, 6.07) is 8.03. The molecule has 1 aromatic heterocycles. The van der Waals surface area contributed by atoms with E-state index in [2.05, 4.69) is 10.3 Å². The van der Waals surface area contributed by atoms with Crippen LogP contribution in [-0.2, 0) is 0 Å². The van der Waals surface area contributed by atoms with E-state index in [0.717, 1.165) is 12.8 Å². The zero-order chi connectivity index (χ0) is 13.9.